The number of anilines is 1. The molecule has 2 rings (SSSR count). The normalized spacial score (nSPS) is 11.6. The summed E-state index contributed by atoms with van der Waals surface area (Å²) < 4.78 is 5.20. The van der Waals surface area contributed by atoms with Crippen LogP contribution in [0.3, 0.4) is 0 Å². The van der Waals surface area contributed by atoms with Crippen molar-refractivity contribution in [2.75, 3.05) is 12.4 Å². The van der Waals surface area contributed by atoms with E-state index in [9.17, 15) is 0 Å². The van der Waals surface area contributed by atoms with Crippen LogP contribution in [-0.4, -0.2) is 17.8 Å². The molecule has 0 saturated carbocycles. The Labute approximate surface area is 159 Å². The van der Waals surface area contributed by atoms with Crippen LogP contribution in [0.5, 0.6) is 5.75 Å². The van der Waals surface area contributed by atoms with Crippen LogP contribution in [0.15, 0.2) is 59.6 Å². The SMILES string of the molecule is Br.COc1ccc(CSC(=NC(C)(C)C)Nc2ccccc2)cc1. The summed E-state index contributed by atoms with van der Waals surface area (Å²) in [5.74, 6) is 1.74. The highest BCUT2D eigenvalue weighted by Crippen LogP contribution is 2.21. The summed E-state index contributed by atoms with van der Waals surface area (Å²) in [5.41, 5.74) is 2.18. The fourth-order valence-electron chi connectivity index (χ4n) is 1.92. The monoisotopic (exact) mass is 408 g/mol. The van der Waals surface area contributed by atoms with Gasteiger partial charge in [-0.25, -0.2) is 0 Å². The number of nitrogens with one attached hydrogen (secondary N) is 1. The van der Waals surface area contributed by atoms with Crippen molar-refractivity contribution in [2.45, 2.75) is 32.1 Å². The van der Waals surface area contributed by atoms with Gasteiger partial charge in [0.05, 0.1) is 12.6 Å². The number of nitrogens with zero attached hydrogens (tertiary/aromatic N) is 1. The van der Waals surface area contributed by atoms with E-state index in [0.717, 1.165) is 22.4 Å². The molecule has 3 nitrogen and oxygen atoms in total. The van der Waals surface area contributed by atoms with Crippen molar-refractivity contribution >= 4 is 39.6 Å². The first-order valence-corrected chi connectivity index (χ1v) is 8.62. The molecule has 0 bridgehead atoms. The Morgan fingerprint density at radius 3 is 2.21 bits per heavy atom. The Balaban J connectivity index is 0.00000288. The summed E-state index contributed by atoms with van der Waals surface area (Å²) in [6.45, 7) is 6.31. The maximum Gasteiger partial charge on any atom is 0.161 e. The molecule has 0 aromatic heterocycles. The zero-order valence-electron chi connectivity index (χ0n) is 14.6. The van der Waals surface area contributed by atoms with E-state index >= 15 is 0 Å². The maximum atomic E-state index is 5.20. The fraction of sp³-hybridized carbons (Fsp3) is 0.316. The molecule has 0 aliphatic heterocycles. The fourth-order valence-corrected chi connectivity index (χ4v) is 2.94. The molecular formula is C19H25BrN2OS. The lowest BCUT2D eigenvalue weighted by atomic mass is 10.1. The van der Waals surface area contributed by atoms with Crippen molar-refractivity contribution in [1.29, 1.82) is 0 Å². The third-order valence-corrected chi connectivity index (χ3v) is 3.94. The van der Waals surface area contributed by atoms with Crippen LogP contribution in [0.2, 0.25) is 0 Å². The van der Waals surface area contributed by atoms with Gasteiger partial charge in [0.2, 0.25) is 0 Å². The number of para-hydroxylation sites is 1. The Kier molecular flexibility index (Phi) is 8.36. The van der Waals surface area contributed by atoms with Crippen LogP contribution >= 0.6 is 28.7 Å². The number of rotatable bonds is 4. The largest absolute Gasteiger partial charge is 0.497 e. The van der Waals surface area contributed by atoms with E-state index in [1.54, 1.807) is 18.9 Å². The standard InChI is InChI=1S/C19H24N2OS.BrH/c1-19(2,3)21-18(20-16-8-6-5-7-9-16)23-14-15-10-12-17(22-4)13-11-15;/h5-13H,14H2,1-4H3,(H,20,21);1H. The second kappa shape index (κ2) is 9.74. The number of hydrogen-bond donors (Lipinski definition) is 1. The van der Waals surface area contributed by atoms with E-state index in [1.165, 1.54) is 5.56 Å². The van der Waals surface area contributed by atoms with Gasteiger partial charge in [0.1, 0.15) is 5.75 Å². The van der Waals surface area contributed by atoms with Crippen LogP contribution in [-0.2, 0) is 5.75 Å². The Morgan fingerprint density at radius 1 is 1.04 bits per heavy atom. The van der Waals surface area contributed by atoms with Gasteiger partial charge in [-0.1, -0.05) is 42.1 Å². The molecule has 0 saturated heterocycles. The van der Waals surface area contributed by atoms with Crippen LogP contribution < -0.4 is 10.1 Å². The van der Waals surface area contributed by atoms with Gasteiger partial charge in [0, 0.05) is 11.4 Å². The van der Waals surface area contributed by atoms with Crippen molar-refractivity contribution in [3.8, 4) is 5.75 Å². The van der Waals surface area contributed by atoms with Crippen LogP contribution in [0.1, 0.15) is 26.3 Å². The Hall–Kier alpha value is -1.46. The summed E-state index contributed by atoms with van der Waals surface area (Å²) in [4.78, 5) is 4.80. The van der Waals surface area contributed by atoms with Crippen LogP contribution in [0.25, 0.3) is 0 Å². The lowest BCUT2D eigenvalue weighted by Crippen LogP contribution is -2.18. The molecule has 0 unspecified atom stereocenters. The van der Waals surface area contributed by atoms with Gasteiger partial charge < -0.3 is 10.1 Å². The molecule has 0 amide bonds. The molecule has 0 aliphatic carbocycles. The number of aliphatic imine (C=N–C) groups is 1. The number of amidine groups is 1. The quantitative estimate of drug-likeness (QED) is 0.514. The number of thioether (sulfide) groups is 1. The number of halogens is 1. The lowest BCUT2D eigenvalue weighted by Gasteiger charge is -2.17. The number of methoxy groups -OCH3 is 1. The third-order valence-electron chi connectivity index (χ3n) is 3.00. The molecule has 1 N–H and O–H groups in total. The average molecular weight is 409 g/mol. The number of benzene rings is 2. The van der Waals surface area contributed by atoms with Crippen molar-refractivity contribution in [1.82, 2.24) is 0 Å². The molecule has 2 aromatic carbocycles. The summed E-state index contributed by atoms with van der Waals surface area (Å²) in [5, 5.41) is 4.35. The predicted molar refractivity (Wildman–Crippen MR) is 112 cm³/mol. The Bertz CT molecular complexity index is 637. The molecule has 2 aromatic rings. The van der Waals surface area contributed by atoms with Crippen LogP contribution in [0, 0.1) is 0 Å². The van der Waals surface area contributed by atoms with Gasteiger partial charge in [0.25, 0.3) is 0 Å². The van der Waals surface area contributed by atoms with E-state index in [0.29, 0.717) is 0 Å². The Morgan fingerprint density at radius 2 is 1.67 bits per heavy atom. The summed E-state index contributed by atoms with van der Waals surface area (Å²) in [7, 11) is 1.68. The average Bonchev–Trinajstić information content (AvgIpc) is 2.53. The van der Waals surface area contributed by atoms with E-state index in [2.05, 4.69) is 38.2 Å². The van der Waals surface area contributed by atoms with E-state index in [4.69, 9.17) is 9.73 Å². The van der Waals surface area contributed by atoms with Gasteiger partial charge in [0.15, 0.2) is 5.17 Å². The summed E-state index contributed by atoms with van der Waals surface area (Å²) in [6, 6.07) is 18.3. The molecule has 0 heterocycles. The second-order valence-electron chi connectivity index (χ2n) is 6.22. The van der Waals surface area contributed by atoms with Crippen LogP contribution in [0.4, 0.5) is 5.69 Å². The maximum absolute atomic E-state index is 5.20. The molecule has 0 spiro atoms. The first-order chi connectivity index (χ1) is 11.0. The van der Waals surface area contributed by atoms with Gasteiger partial charge in [-0.05, 0) is 50.6 Å². The molecule has 0 atom stereocenters. The molecular weight excluding hydrogens is 384 g/mol. The van der Waals surface area contributed by atoms with Gasteiger partial charge in [-0.3, -0.25) is 4.99 Å². The smallest absolute Gasteiger partial charge is 0.161 e. The highest BCUT2D eigenvalue weighted by molar-refractivity contribution is 8.93. The topological polar surface area (TPSA) is 33.6 Å². The zero-order chi connectivity index (χ0) is 16.7. The minimum atomic E-state index is -0.121. The van der Waals surface area contributed by atoms with Gasteiger partial charge in [-0.15, -0.1) is 17.0 Å². The third kappa shape index (κ3) is 7.41. The first kappa shape index (κ1) is 20.6. The minimum Gasteiger partial charge on any atom is -0.497 e. The molecule has 0 radical (unpaired) electrons. The van der Waals surface area contributed by atoms with Crippen molar-refractivity contribution in [2.24, 2.45) is 4.99 Å². The van der Waals surface area contributed by atoms with Crippen molar-refractivity contribution < 1.29 is 4.74 Å². The predicted octanol–water partition coefficient (Wildman–Crippen LogP) is 5.77. The van der Waals surface area contributed by atoms with Crippen molar-refractivity contribution in [3.05, 3.63) is 60.2 Å². The minimum absolute atomic E-state index is 0. The highest BCUT2D eigenvalue weighted by atomic mass is 79.9. The zero-order valence-corrected chi connectivity index (χ0v) is 17.1. The van der Waals surface area contributed by atoms with E-state index in [-0.39, 0.29) is 22.5 Å². The number of hydrogen-bond acceptors (Lipinski definition) is 3. The summed E-state index contributed by atoms with van der Waals surface area (Å²) >= 11 is 1.71. The molecule has 5 heteroatoms. The van der Waals surface area contributed by atoms with E-state index < -0.39 is 0 Å². The highest BCUT2D eigenvalue weighted by Gasteiger charge is 2.11. The van der Waals surface area contributed by atoms with E-state index in [1.807, 2.05) is 42.5 Å². The molecule has 0 fully saturated rings. The summed E-state index contributed by atoms with van der Waals surface area (Å²) in [6.07, 6.45) is 0. The second-order valence-corrected chi connectivity index (χ2v) is 7.18. The lowest BCUT2D eigenvalue weighted by molar-refractivity contribution is 0.414. The molecule has 130 valence electrons. The number of ether oxygens (including phenoxy) is 1. The van der Waals surface area contributed by atoms with Gasteiger partial charge in [-0.2, -0.15) is 0 Å². The first-order valence-electron chi connectivity index (χ1n) is 7.64. The molecule has 0 aliphatic rings. The van der Waals surface area contributed by atoms with Gasteiger partial charge >= 0.3 is 0 Å². The molecule has 24 heavy (non-hydrogen) atoms. The van der Waals surface area contributed by atoms with Crippen molar-refractivity contribution in [3.63, 3.8) is 0 Å².